The summed E-state index contributed by atoms with van der Waals surface area (Å²) >= 11 is 5.88. The van der Waals surface area contributed by atoms with Crippen molar-refractivity contribution < 1.29 is 19.1 Å². The summed E-state index contributed by atoms with van der Waals surface area (Å²) in [6, 6.07) is 13.9. The number of hydrogen-bond donors (Lipinski definition) is 2. The first-order chi connectivity index (χ1) is 16.9. The first-order valence-corrected chi connectivity index (χ1v) is 12.5. The van der Waals surface area contributed by atoms with Gasteiger partial charge in [-0.05, 0) is 70.0 Å². The van der Waals surface area contributed by atoms with Gasteiger partial charge in [0.25, 0.3) is 0 Å². The van der Waals surface area contributed by atoms with Gasteiger partial charge in [0.1, 0.15) is 5.60 Å². The maximum atomic E-state index is 13.1. The molecule has 8 nitrogen and oxygen atoms in total. The molecule has 9 heteroatoms. The van der Waals surface area contributed by atoms with Gasteiger partial charge < -0.3 is 25.2 Å². The van der Waals surface area contributed by atoms with E-state index in [1.807, 2.05) is 63.8 Å². The highest BCUT2D eigenvalue weighted by Crippen LogP contribution is 2.21. The fourth-order valence-electron chi connectivity index (χ4n) is 4.22. The highest BCUT2D eigenvalue weighted by Gasteiger charge is 2.36. The van der Waals surface area contributed by atoms with E-state index in [9.17, 15) is 14.4 Å². The van der Waals surface area contributed by atoms with Crippen molar-refractivity contribution in [1.82, 2.24) is 15.1 Å². The molecule has 1 aliphatic heterocycles. The second kappa shape index (κ2) is 11.6. The molecule has 0 bridgehead atoms. The zero-order valence-electron chi connectivity index (χ0n) is 21.5. The summed E-state index contributed by atoms with van der Waals surface area (Å²) in [5.74, 6) is 0.000237. The Kier molecular flexibility index (Phi) is 8.84. The van der Waals surface area contributed by atoms with E-state index in [4.69, 9.17) is 16.3 Å². The minimum absolute atomic E-state index is 0.000237. The van der Waals surface area contributed by atoms with Crippen molar-refractivity contribution in [3.63, 3.8) is 0 Å². The molecule has 3 rings (SSSR count). The zero-order valence-corrected chi connectivity index (χ0v) is 22.3. The van der Waals surface area contributed by atoms with Crippen LogP contribution in [0, 0.1) is 0 Å². The molecule has 0 unspecified atom stereocenters. The minimum Gasteiger partial charge on any atom is -0.444 e. The Bertz CT molecular complexity index is 1050. The van der Waals surface area contributed by atoms with E-state index in [0.29, 0.717) is 30.3 Å². The molecule has 0 saturated carbocycles. The van der Waals surface area contributed by atoms with Crippen molar-refractivity contribution >= 4 is 35.3 Å². The number of ether oxygens (including phenoxy) is 1. The van der Waals surface area contributed by atoms with E-state index in [0.717, 1.165) is 11.1 Å². The number of nitrogens with one attached hydrogen (secondary N) is 2. The normalized spacial score (nSPS) is 17.9. The fraction of sp³-hybridized carbons (Fsp3) is 0.444. The lowest BCUT2D eigenvalue weighted by molar-refractivity contribution is -0.138. The lowest BCUT2D eigenvalue weighted by atomic mass is 10.0. The highest BCUT2D eigenvalue weighted by atomic mass is 35.5. The van der Waals surface area contributed by atoms with Crippen molar-refractivity contribution in [2.24, 2.45) is 0 Å². The van der Waals surface area contributed by atoms with Crippen LogP contribution in [0.4, 0.5) is 15.3 Å². The fourth-order valence-corrected chi connectivity index (χ4v) is 4.35. The van der Waals surface area contributed by atoms with E-state index >= 15 is 0 Å². The summed E-state index contributed by atoms with van der Waals surface area (Å²) in [4.78, 5) is 41.3. The summed E-state index contributed by atoms with van der Waals surface area (Å²) in [5, 5.41) is 6.24. The molecule has 0 aromatic heterocycles. The number of amides is 4. The van der Waals surface area contributed by atoms with E-state index in [1.165, 1.54) is 0 Å². The first kappa shape index (κ1) is 27.3. The largest absolute Gasteiger partial charge is 0.444 e. The third-order valence-corrected chi connectivity index (χ3v) is 6.04. The molecule has 2 atom stereocenters. The van der Waals surface area contributed by atoms with E-state index < -0.39 is 5.60 Å². The van der Waals surface area contributed by atoms with E-state index in [-0.39, 0.29) is 36.5 Å². The Morgan fingerprint density at radius 1 is 0.944 bits per heavy atom. The van der Waals surface area contributed by atoms with Crippen LogP contribution in [0.15, 0.2) is 48.5 Å². The van der Waals surface area contributed by atoms with Crippen LogP contribution >= 0.6 is 11.6 Å². The summed E-state index contributed by atoms with van der Waals surface area (Å²) in [6.07, 6.45) is -0.113. The van der Waals surface area contributed by atoms with Gasteiger partial charge >= 0.3 is 12.1 Å². The highest BCUT2D eigenvalue weighted by molar-refractivity contribution is 6.30. The summed E-state index contributed by atoms with van der Waals surface area (Å²) in [5.41, 5.74) is 1.86. The van der Waals surface area contributed by atoms with Crippen LogP contribution in [-0.2, 0) is 22.5 Å². The molecule has 0 radical (unpaired) electrons. The predicted molar refractivity (Wildman–Crippen MR) is 141 cm³/mol. The molecule has 2 aromatic rings. The second-order valence-electron chi connectivity index (χ2n) is 10.2. The van der Waals surface area contributed by atoms with Crippen LogP contribution < -0.4 is 10.6 Å². The van der Waals surface area contributed by atoms with Crippen LogP contribution in [0.2, 0.25) is 5.02 Å². The van der Waals surface area contributed by atoms with Gasteiger partial charge in [-0.2, -0.15) is 0 Å². The van der Waals surface area contributed by atoms with Crippen LogP contribution in [0.5, 0.6) is 0 Å². The maximum Gasteiger partial charge on any atom is 0.410 e. The number of anilines is 1. The second-order valence-corrected chi connectivity index (χ2v) is 10.6. The SMILES string of the molecule is C[C@@H]1CN(C(=O)OC(C)(C)C)C[C@H](C)N1C(=O)Cc1ccc(NC(=O)NCc2ccc(Cl)cc2)cc1. The molecule has 4 amide bonds. The van der Waals surface area contributed by atoms with Gasteiger partial charge in [0.15, 0.2) is 0 Å². The van der Waals surface area contributed by atoms with Gasteiger partial charge in [0.2, 0.25) is 5.91 Å². The quantitative estimate of drug-likeness (QED) is 0.583. The molecule has 1 saturated heterocycles. The number of nitrogens with zero attached hydrogens (tertiary/aromatic N) is 2. The maximum absolute atomic E-state index is 13.1. The third-order valence-electron chi connectivity index (χ3n) is 5.79. The average molecular weight is 515 g/mol. The molecule has 2 aromatic carbocycles. The molecular weight excluding hydrogens is 480 g/mol. The lowest BCUT2D eigenvalue weighted by Gasteiger charge is -2.44. The van der Waals surface area contributed by atoms with Crippen LogP contribution in [0.1, 0.15) is 45.7 Å². The van der Waals surface area contributed by atoms with Crippen LogP contribution in [0.3, 0.4) is 0 Å². The Balaban J connectivity index is 1.50. The number of benzene rings is 2. The number of carbonyl (C=O) groups excluding carboxylic acids is 3. The number of carbonyl (C=O) groups is 3. The van der Waals surface area contributed by atoms with Crippen molar-refractivity contribution in [2.75, 3.05) is 18.4 Å². The Morgan fingerprint density at radius 2 is 1.50 bits per heavy atom. The Morgan fingerprint density at radius 3 is 2.06 bits per heavy atom. The number of piperazine rings is 1. The lowest BCUT2D eigenvalue weighted by Crippen LogP contribution is -2.60. The molecule has 36 heavy (non-hydrogen) atoms. The van der Waals surface area contributed by atoms with Crippen molar-refractivity contribution in [2.45, 2.75) is 65.3 Å². The van der Waals surface area contributed by atoms with E-state index in [1.54, 1.807) is 29.2 Å². The molecule has 1 fully saturated rings. The van der Waals surface area contributed by atoms with Crippen molar-refractivity contribution in [1.29, 1.82) is 0 Å². The number of hydrogen-bond acceptors (Lipinski definition) is 4. The van der Waals surface area contributed by atoms with Gasteiger partial charge in [-0.3, -0.25) is 4.79 Å². The van der Waals surface area contributed by atoms with Crippen LogP contribution in [-0.4, -0.2) is 58.6 Å². The molecule has 0 aliphatic carbocycles. The minimum atomic E-state index is -0.561. The zero-order chi connectivity index (χ0) is 26.5. The van der Waals surface area contributed by atoms with Gasteiger partial charge in [0.05, 0.1) is 6.42 Å². The molecule has 1 heterocycles. The smallest absolute Gasteiger partial charge is 0.410 e. The summed E-state index contributed by atoms with van der Waals surface area (Å²) in [7, 11) is 0. The molecule has 1 aliphatic rings. The first-order valence-electron chi connectivity index (χ1n) is 12.1. The number of halogens is 1. The topological polar surface area (TPSA) is 91.0 Å². The number of rotatable bonds is 5. The third kappa shape index (κ3) is 7.88. The average Bonchev–Trinajstić information content (AvgIpc) is 2.78. The van der Waals surface area contributed by atoms with Gasteiger partial charge in [-0.25, -0.2) is 9.59 Å². The van der Waals surface area contributed by atoms with Crippen LogP contribution in [0.25, 0.3) is 0 Å². The molecule has 0 spiro atoms. The summed E-state index contributed by atoms with van der Waals surface area (Å²) < 4.78 is 5.49. The van der Waals surface area contributed by atoms with Gasteiger partial charge in [-0.1, -0.05) is 35.9 Å². The standard InChI is InChI=1S/C27H35ClN4O4/c1-18-16-31(26(35)36-27(3,4)5)17-19(2)32(18)24(33)14-20-8-12-23(13-9-20)30-25(34)29-15-21-6-10-22(28)11-7-21/h6-13,18-19H,14-17H2,1-5H3,(H2,29,30,34)/t18-,19+. The monoisotopic (exact) mass is 514 g/mol. The predicted octanol–water partition coefficient (Wildman–Crippen LogP) is 5.06. The van der Waals surface area contributed by atoms with Crippen molar-refractivity contribution in [3.8, 4) is 0 Å². The molecular formula is C27H35ClN4O4. The van der Waals surface area contributed by atoms with Gasteiger partial charge in [0, 0.05) is 42.4 Å². The van der Waals surface area contributed by atoms with E-state index in [2.05, 4.69) is 10.6 Å². The van der Waals surface area contributed by atoms with Gasteiger partial charge in [-0.15, -0.1) is 0 Å². The summed E-state index contributed by atoms with van der Waals surface area (Å²) in [6.45, 7) is 10.6. The van der Waals surface area contributed by atoms with Crippen molar-refractivity contribution in [3.05, 3.63) is 64.7 Å². The molecule has 194 valence electrons. The Hall–Kier alpha value is -3.26. The number of urea groups is 1. The Labute approximate surface area is 217 Å². The molecule has 2 N–H and O–H groups in total.